The van der Waals surface area contributed by atoms with Crippen molar-refractivity contribution in [2.45, 2.75) is 424 Å². The fourth-order valence-corrected chi connectivity index (χ4v) is 11.9. The Kier molecular flexibility index (Phi) is 72.9. The van der Waals surface area contributed by atoms with Crippen LogP contribution in [0.15, 0.2) is 60.8 Å². The summed E-state index contributed by atoms with van der Waals surface area (Å²) >= 11 is 0. The molecule has 0 aromatic carbocycles. The molecule has 0 spiro atoms. The predicted molar refractivity (Wildman–Crippen MR) is 379 cm³/mol. The summed E-state index contributed by atoms with van der Waals surface area (Å²) in [5, 5.41) is 23.1. The molecule has 0 rings (SSSR count). The molecule has 6 nitrogen and oxygen atoms in total. The van der Waals surface area contributed by atoms with Gasteiger partial charge in [-0.15, -0.1) is 0 Å². The Morgan fingerprint density at radius 2 is 0.581 bits per heavy atom. The molecule has 0 saturated carbocycles. The molecule has 504 valence electrons. The third-order valence-corrected chi connectivity index (χ3v) is 17.8. The Bertz CT molecular complexity index is 1480. The van der Waals surface area contributed by atoms with Crippen molar-refractivity contribution in [3.63, 3.8) is 0 Å². The molecule has 86 heavy (non-hydrogen) atoms. The summed E-state index contributed by atoms with van der Waals surface area (Å²) in [4.78, 5) is 24.6. The second-order valence-electron chi connectivity index (χ2n) is 26.3. The summed E-state index contributed by atoms with van der Waals surface area (Å²) in [6, 6.07) is -0.625. The number of aliphatic hydroxyl groups is 2. The van der Waals surface area contributed by atoms with Crippen LogP contribution in [0.4, 0.5) is 0 Å². The highest BCUT2D eigenvalue weighted by atomic mass is 16.5. The number of carbonyl (C=O) groups is 2. The number of unbranched alkanes of at least 4 members (excludes halogenated alkanes) is 53. The van der Waals surface area contributed by atoms with Gasteiger partial charge in [-0.3, -0.25) is 9.59 Å². The van der Waals surface area contributed by atoms with Crippen molar-refractivity contribution in [2.75, 3.05) is 13.2 Å². The molecule has 0 aliphatic heterocycles. The van der Waals surface area contributed by atoms with Gasteiger partial charge in [-0.05, 0) is 96.3 Å². The lowest BCUT2D eigenvalue weighted by Crippen LogP contribution is -2.45. The van der Waals surface area contributed by atoms with Crippen LogP contribution < -0.4 is 5.32 Å². The molecule has 0 aromatic rings. The maximum Gasteiger partial charge on any atom is 0.305 e. The van der Waals surface area contributed by atoms with Gasteiger partial charge in [0, 0.05) is 12.8 Å². The number of aliphatic hydroxyl groups excluding tert-OH is 2. The van der Waals surface area contributed by atoms with Crippen molar-refractivity contribution >= 4 is 11.9 Å². The summed E-state index contributed by atoms with van der Waals surface area (Å²) < 4.78 is 5.50. The SMILES string of the molecule is CCCCC/C=C\C/C=C\CCCCCCCCCC(=O)OCCCCCCCCCCCCCCCCC/C=C\C/C=C\CCCCCCCCCCCCCCCCCCCC(=O)NC(CO)C(O)/C=C/CCCCCCCCCCCCC. The fraction of sp³-hybridized carbons (Fsp3) is 0.850. The van der Waals surface area contributed by atoms with E-state index in [1.165, 1.54) is 327 Å². The van der Waals surface area contributed by atoms with Gasteiger partial charge in [0.05, 0.1) is 25.4 Å². The third-order valence-electron chi connectivity index (χ3n) is 17.8. The van der Waals surface area contributed by atoms with Gasteiger partial charge in [-0.1, -0.05) is 364 Å². The van der Waals surface area contributed by atoms with Crippen LogP contribution in [0.5, 0.6) is 0 Å². The second-order valence-corrected chi connectivity index (χ2v) is 26.3. The molecule has 0 fully saturated rings. The van der Waals surface area contributed by atoms with E-state index in [9.17, 15) is 19.8 Å². The largest absolute Gasteiger partial charge is 0.466 e. The first-order chi connectivity index (χ1) is 42.5. The lowest BCUT2D eigenvalue weighted by atomic mass is 10.0. The van der Waals surface area contributed by atoms with Crippen LogP contribution in [-0.4, -0.2) is 47.4 Å². The zero-order chi connectivity index (χ0) is 62.0. The summed E-state index contributed by atoms with van der Waals surface area (Å²) in [5.74, 6) is -0.0515. The van der Waals surface area contributed by atoms with Crippen LogP contribution in [0.2, 0.25) is 0 Å². The molecule has 0 aliphatic rings. The first kappa shape index (κ1) is 83.6. The van der Waals surface area contributed by atoms with Crippen LogP contribution in [0, 0.1) is 0 Å². The van der Waals surface area contributed by atoms with E-state index in [2.05, 4.69) is 67.8 Å². The Morgan fingerprint density at radius 1 is 0.326 bits per heavy atom. The zero-order valence-corrected chi connectivity index (χ0v) is 57.8. The number of hydrogen-bond donors (Lipinski definition) is 3. The second kappa shape index (κ2) is 75.0. The van der Waals surface area contributed by atoms with Crippen molar-refractivity contribution in [1.29, 1.82) is 0 Å². The molecule has 1 amide bonds. The highest BCUT2D eigenvalue weighted by molar-refractivity contribution is 5.76. The average molecular weight is 1210 g/mol. The third kappa shape index (κ3) is 70.6. The van der Waals surface area contributed by atoms with E-state index >= 15 is 0 Å². The molecular weight excluding hydrogens is 1050 g/mol. The number of amides is 1. The summed E-state index contributed by atoms with van der Waals surface area (Å²) in [7, 11) is 0. The van der Waals surface area contributed by atoms with Crippen LogP contribution in [0.1, 0.15) is 412 Å². The van der Waals surface area contributed by atoms with Crippen LogP contribution >= 0.6 is 0 Å². The molecule has 0 radical (unpaired) electrons. The van der Waals surface area contributed by atoms with Crippen molar-refractivity contribution < 1.29 is 24.5 Å². The van der Waals surface area contributed by atoms with E-state index in [1.807, 2.05) is 6.08 Å². The summed E-state index contributed by atoms with van der Waals surface area (Å²) in [6.07, 6.45) is 101. The number of rotatable bonds is 72. The molecule has 0 saturated heterocycles. The highest BCUT2D eigenvalue weighted by Gasteiger charge is 2.18. The van der Waals surface area contributed by atoms with Crippen molar-refractivity contribution in [1.82, 2.24) is 5.32 Å². The maximum absolute atomic E-state index is 12.5. The van der Waals surface area contributed by atoms with E-state index in [0.717, 1.165) is 57.8 Å². The van der Waals surface area contributed by atoms with E-state index in [4.69, 9.17) is 4.74 Å². The van der Waals surface area contributed by atoms with Gasteiger partial charge in [0.25, 0.3) is 0 Å². The standard InChI is InChI=1S/C80H149NO5/c1-3-5-7-9-11-13-15-17-18-42-46-50-54-58-62-66-70-74-80(85)86-75-71-67-63-59-55-51-47-44-41-39-37-35-33-31-29-27-25-23-21-19-20-22-24-26-28-30-32-34-36-38-40-43-45-49-53-57-61-65-69-73-79(84)81-77(76-82)78(83)72-68-64-60-56-52-48-16-14-12-10-8-6-4-2/h11,13,17-20,23,25,68,72,77-78,82-83H,3-10,12,14-16,21-22,24,26-67,69-71,73-76H2,1-2H3,(H,81,84)/b13-11-,18-17-,20-19-,25-23-,72-68+. The van der Waals surface area contributed by atoms with E-state index in [-0.39, 0.29) is 18.5 Å². The topological polar surface area (TPSA) is 95.9 Å². The summed E-state index contributed by atoms with van der Waals surface area (Å²) in [5.41, 5.74) is 0. The monoisotopic (exact) mass is 1200 g/mol. The Balaban J connectivity index is 3.35. The molecule has 3 N–H and O–H groups in total. The Hall–Kier alpha value is -2.44. The minimum Gasteiger partial charge on any atom is -0.466 e. The molecule has 0 aliphatic carbocycles. The Morgan fingerprint density at radius 3 is 0.907 bits per heavy atom. The number of nitrogens with one attached hydrogen (secondary N) is 1. The molecule has 2 atom stereocenters. The van der Waals surface area contributed by atoms with Gasteiger partial charge in [0.15, 0.2) is 0 Å². The van der Waals surface area contributed by atoms with Crippen LogP contribution in [0.25, 0.3) is 0 Å². The highest BCUT2D eigenvalue weighted by Crippen LogP contribution is 2.19. The molecule has 2 unspecified atom stereocenters. The Labute approximate surface area is 537 Å². The smallest absolute Gasteiger partial charge is 0.305 e. The predicted octanol–water partition coefficient (Wildman–Crippen LogP) is 25.4. The van der Waals surface area contributed by atoms with Crippen molar-refractivity contribution in [3.8, 4) is 0 Å². The fourth-order valence-electron chi connectivity index (χ4n) is 11.9. The van der Waals surface area contributed by atoms with Crippen molar-refractivity contribution in [2.24, 2.45) is 0 Å². The molecule has 0 aromatic heterocycles. The molecule has 6 heteroatoms. The van der Waals surface area contributed by atoms with Gasteiger partial charge in [-0.2, -0.15) is 0 Å². The lowest BCUT2D eigenvalue weighted by Gasteiger charge is -2.20. The number of hydrogen-bond acceptors (Lipinski definition) is 5. The van der Waals surface area contributed by atoms with Crippen LogP contribution in [0.3, 0.4) is 0 Å². The number of carbonyl (C=O) groups excluding carboxylic acids is 2. The molecule has 0 bridgehead atoms. The number of esters is 1. The first-order valence-electron chi connectivity index (χ1n) is 38.6. The van der Waals surface area contributed by atoms with E-state index in [0.29, 0.717) is 19.4 Å². The lowest BCUT2D eigenvalue weighted by molar-refractivity contribution is -0.143. The van der Waals surface area contributed by atoms with Gasteiger partial charge < -0.3 is 20.3 Å². The van der Waals surface area contributed by atoms with E-state index in [1.54, 1.807) is 6.08 Å². The van der Waals surface area contributed by atoms with Crippen LogP contribution in [-0.2, 0) is 14.3 Å². The van der Waals surface area contributed by atoms with Gasteiger partial charge in [0.2, 0.25) is 5.91 Å². The minimum absolute atomic E-state index is 0.0124. The average Bonchev–Trinajstić information content (AvgIpc) is 3.54. The van der Waals surface area contributed by atoms with Gasteiger partial charge >= 0.3 is 5.97 Å². The number of allylic oxidation sites excluding steroid dienone is 9. The van der Waals surface area contributed by atoms with Crippen molar-refractivity contribution in [3.05, 3.63) is 60.8 Å². The summed E-state index contributed by atoms with van der Waals surface area (Å²) in [6.45, 7) is 4.90. The quantitative estimate of drug-likeness (QED) is 0.0320. The normalized spacial score (nSPS) is 12.8. The van der Waals surface area contributed by atoms with Gasteiger partial charge in [0.1, 0.15) is 0 Å². The van der Waals surface area contributed by atoms with Gasteiger partial charge in [-0.25, -0.2) is 0 Å². The number of ether oxygens (including phenoxy) is 1. The maximum atomic E-state index is 12.5. The van der Waals surface area contributed by atoms with E-state index < -0.39 is 12.1 Å². The zero-order valence-electron chi connectivity index (χ0n) is 57.8. The minimum atomic E-state index is -0.842. The molecular formula is C80H149NO5. The molecule has 0 heterocycles. The first-order valence-corrected chi connectivity index (χ1v) is 38.6.